The Balaban J connectivity index is 2.45. The van der Waals surface area contributed by atoms with E-state index in [0.717, 1.165) is 18.4 Å². The number of carbonyl (C=O) groups is 1. The molecule has 0 saturated heterocycles. The molecule has 1 atom stereocenters. The van der Waals surface area contributed by atoms with Gasteiger partial charge in [-0.3, -0.25) is 4.57 Å². The zero-order valence-corrected chi connectivity index (χ0v) is 13.0. The molecule has 6 nitrogen and oxygen atoms in total. The topological polar surface area (TPSA) is 95.9 Å². The number of alkyl carbamates (subject to hydrolysis) is 1. The summed E-state index contributed by atoms with van der Waals surface area (Å²) in [7, 11) is -4.17. The van der Waals surface area contributed by atoms with E-state index in [9.17, 15) is 9.36 Å². The van der Waals surface area contributed by atoms with Crippen LogP contribution in [0.3, 0.4) is 0 Å². The summed E-state index contributed by atoms with van der Waals surface area (Å²) in [6.07, 6.45) is 1.16. The first-order valence-electron chi connectivity index (χ1n) is 6.92. The molecule has 21 heavy (non-hydrogen) atoms. The number of rotatable bonds is 8. The smallest absolute Gasteiger partial charge is 0.407 e. The van der Waals surface area contributed by atoms with Crippen molar-refractivity contribution in [1.29, 1.82) is 0 Å². The quantitative estimate of drug-likeness (QED) is 0.641. The molecule has 0 unspecified atom stereocenters. The summed E-state index contributed by atoms with van der Waals surface area (Å²) in [4.78, 5) is 29.7. The van der Waals surface area contributed by atoms with Gasteiger partial charge in [0.1, 0.15) is 6.61 Å². The predicted molar refractivity (Wildman–Crippen MR) is 80.0 cm³/mol. The molecule has 1 amide bonds. The minimum atomic E-state index is -4.17. The fraction of sp³-hybridized carbons (Fsp3) is 0.500. The first-order valence-corrected chi connectivity index (χ1v) is 8.72. The number of hydrogen-bond acceptors (Lipinski definition) is 3. The zero-order valence-electron chi connectivity index (χ0n) is 12.1. The molecule has 1 rings (SSSR count). The third-order valence-corrected chi connectivity index (χ3v) is 3.82. The molecule has 0 aliphatic rings. The largest absolute Gasteiger partial charge is 0.445 e. The van der Waals surface area contributed by atoms with Crippen molar-refractivity contribution in [2.45, 2.75) is 38.8 Å². The second kappa shape index (κ2) is 8.82. The molecule has 0 aliphatic carbocycles. The Morgan fingerprint density at radius 1 is 1.33 bits per heavy atom. The van der Waals surface area contributed by atoms with Gasteiger partial charge in [0.25, 0.3) is 0 Å². The van der Waals surface area contributed by atoms with E-state index in [1.165, 1.54) is 0 Å². The van der Waals surface area contributed by atoms with E-state index in [1.54, 1.807) is 0 Å². The minimum absolute atomic E-state index is 0.128. The normalized spacial score (nSPS) is 12.7. The molecule has 3 N–H and O–H groups in total. The molecular weight excluding hydrogens is 293 g/mol. The first kappa shape index (κ1) is 17.7. The molecule has 0 saturated carbocycles. The van der Waals surface area contributed by atoms with E-state index >= 15 is 0 Å². The highest BCUT2D eigenvalue weighted by Gasteiger charge is 2.23. The number of ether oxygens (including phenoxy) is 1. The molecule has 0 heterocycles. The fourth-order valence-electron chi connectivity index (χ4n) is 1.88. The molecule has 0 spiro atoms. The lowest BCUT2D eigenvalue weighted by atomic mass is 10.1. The van der Waals surface area contributed by atoms with Crippen LogP contribution in [0.5, 0.6) is 0 Å². The summed E-state index contributed by atoms with van der Waals surface area (Å²) >= 11 is 0. The highest BCUT2D eigenvalue weighted by Crippen LogP contribution is 2.35. The van der Waals surface area contributed by atoms with Crippen LogP contribution in [0.4, 0.5) is 4.79 Å². The Bertz CT molecular complexity index is 474. The molecule has 0 bridgehead atoms. The Morgan fingerprint density at radius 3 is 2.57 bits per heavy atom. The van der Waals surface area contributed by atoms with Crippen LogP contribution in [-0.2, 0) is 15.9 Å². The van der Waals surface area contributed by atoms with Crippen LogP contribution in [0.1, 0.15) is 31.7 Å². The molecule has 1 aromatic rings. The number of carbonyl (C=O) groups excluding carboxylic acids is 1. The summed E-state index contributed by atoms with van der Waals surface area (Å²) in [6.45, 7) is 2.10. The summed E-state index contributed by atoms with van der Waals surface area (Å²) in [5, 5.41) is 2.53. The lowest BCUT2D eigenvalue weighted by molar-refractivity contribution is 0.135. The van der Waals surface area contributed by atoms with Crippen molar-refractivity contribution in [1.82, 2.24) is 5.32 Å². The van der Waals surface area contributed by atoms with Gasteiger partial charge in [0, 0.05) is 6.04 Å². The Hall–Kier alpha value is -1.36. The summed E-state index contributed by atoms with van der Waals surface area (Å²) in [6, 6.07) is 8.64. The van der Waals surface area contributed by atoms with Gasteiger partial charge in [-0.15, -0.1) is 0 Å². The Labute approximate surface area is 124 Å². The third kappa shape index (κ3) is 8.50. The highest BCUT2D eigenvalue weighted by molar-refractivity contribution is 7.51. The second-order valence-corrected chi connectivity index (χ2v) is 6.59. The molecule has 7 heteroatoms. The van der Waals surface area contributed by atoms with Crippen LogP contribution in [-0.4, -0.2) is 28.1 Å². The molecule has 0 aliphatic heterocycles. The average molecular weight is 315 g/mol. The first-order chi connectivity index (χ1) is 9.90. The van der Waals surface area contributed by atoms with Crippen LogP contribution in [0.25, 0.3) is 0 Å². The number of hydrogen-bond donors (Lipinski definition) is 3. The molecule has 0 aromatic heterocycles. The van der Waals surface area contributed by atoms with E-state index in [1.807, 2.05) is 37.3 Å². The Kier molecular flexibility index (Phi) is 7.43. The van der Waals surface area contributed by atoms with Gasteiger partial charge in [-0.25, -0.2) is 4.79 Å². The van der Waals surface area contributed by atoms with Crippen LogP contribution in [0.2, 0.25) is 0 Å². The third-order valence-electron chi connectivity index (χ3n) is 2.90. The zero-order chi connectivity index (χ0) is 15.7. The van der Waals surface area contributed by atoms with Crippen LogP contribution in [0.15, 0.2) is 30.3 Å². The van der Waals surface area contributed by atoms with E-state index < -0.39 is 19.7 Å². The van der Waals surface area contributed by atoms with Gasteiger partial charge in [-0.2, -0.15) is 0 Å². The molecule has 0 radical (unpaired) electrons. The van der Waals surface area contributed by atoms with E-state index in [4.69, 9.17) is 14.5 Å². The summed E-state index contributed by atoms with van der Waals surface area (Å²) in [5.41, 5.74) is 0.854. The molecular formula is C14H22NO5P. The van der Waals surface area contributed by atoms with Crippen LogP contribution >= 0.6 is 7.60 Å². The van der Waals surface area contributed by atoms with Gasteiger partial charge < -0.3 is 19.8 Å². The minimum Gasteiger partial charge on any atom is -0.445 e. The van der Waals surface area contributed by atoms with Gasteiger partial charge in [-0.1, -0.05) is 50.1 Å². The lowest BCUT2D eigenvalue weighted by Gasteiger charge is -2.18. The maximum Gasteiger partial charge on any atom is 0.407 e. The van der Waals surface area contributed by atoms with Crippen molar-refractivity contribution in [3.05, 3.63) is 35.9 Å². The van der Waals surface area contributed by atoms with E-state index in [2.05, 4.69) is 5.32 Å². The SMILES string of the molecule is CCCC[C@@H](CP(=O)(O)O)NC(=O)OCc1ccccc1. The van der Waals surface area contributed by atoms with Crippen molar-refractivity contribution >= 4 is 13.7 Å². The predicted octanol–water partition coefficient (Wildman–Crippen LogP) is 2.65. The fourth-order valence-corrected chi connectivity index (χ4v) is 2.73. The van der Waals surface area contributed by atoms with E-state index in [-0.39, 0.29) is 12.8 Å². The van der Waals surface area contributed by atoms with Crippen molar-refractivity contribution in [3.63, 3.8) is 0 Å². The van der Waals surface area contributed by atoms with Gasteiger partial charge in [0.15, 0.2) is 0 Å². The standard InChI is InChI=1S/C14H22NO5P/c1-2-3-9-13(11-21(17,18)19)15-14(16)20-10-12-7-5-4-6-8-12/h4-8,13H,2-3,9-11H2,1H3,(H,15,16)(H2,17,18,19)/t13-/m0/s1. The number of unbranched alkanes of at least 4 members (excludes halogenated alkanes) is 1. The maximum absolute atomic E-state index is 11.7. The van der Waals surface area contributed by atoms with Crippen LogP contribution < -0.4 is 5.32 Å². The van der Waals surface area contributed by atoms with Crippen molar-refractivity contribution in [3.8, 4) is 0 Å². The average Bonchev–Trinajstić information content (AvgIpc) is 2.42. The number of nitrogens with one attached hydrogen (secondary N) is 1. The number of amides is 1. The Morgan fingerprint density at radius 2 is 2.00 bits per heavy atom. The molecule has 1 aromatic carbocycles. The van der Waals surface area contributed by atoms with Gasteiger partial charge in [-0.05, 0) is 12.0 Å². The number of benzene rings is 1. The van der Waals surface area contributed by atoms with Gasteiger partial charge in [0.05, 0.1) is 6.16 Å². The summed E-state index contributed by atoms with van der Waals surface area (Å²) < 4.78 is 16.1. The second-order valence-electron chi connectivity index (χ2n) is 4.89. The van der Waals surface area contributed by atoms with Crippen molar-refractivity contribution in [2.75, 3.05) is 6.16 Å². The van der Waals surface area contributed by atoms with Gasteiger partial charge in [0.2, 0.25) is 0 Å². The summed E-state index contributed by atoms with van der Waals surface area (Å²) in [5.74, 6) is 0. The maximum atomic E-state index is 11.7. The molecule has 0 fully saturated rings. The molecule has 118 valence electrons. The van der Waals surface area contributed by atoms with Crippen LogP contribution in [0, 0.1) is 0 Å². The van der Waals surface area contributed by atoms with Gasteiger partial charge >= 0.3 is 13.7 Å². The highest BCUT2D eigenvalue weighted by atomic mass is 31.2. The van der Waals surface area contributed by atoms with E-state index in [0.29, 0.717) is 6.42 Å². The monoisotopic (exact) mass is 315 g/mol. The van der Waals surface area contributed by atoms with Crippen molar-refractivity contribution < 1.29 is 23.9 Å². The van der Waals surface area contributed by atoms with Crippen molar-refractivity contribution in [2.24, 2.45) is 0 Å². The lowest BCUT2D eigenvalue weighted by Crippen LogP contribution is -2.37.